The summed E-state index contributed by atoms with van der Waals surface area (Å²) in [6, 6.07) is 12.0. The van der Waals surface area contributed by atoms with Gasteiger partial charge in [0.05, 0.1) is 12.2 Å². The van der Waals surface area contributed by atoms with E-state index < -0.39 is 0 Å². The standard InChI is InChI=1S/C15H20N4O/c1-19-14(9-11-18-19)12-17-15(20)16-10-5-8-13-6-3-2-4-7-13/h2-4,6-7,9,11H,5,8,10,12H2,1H3,(H2,16,17,20). The van der Waals surface area contributed by atoms with Crippen LogP contribution in [0.1, 0.15) is 17.7 Å². The van der Waals surface area contributed by atoms with Gasteiger partial charge in [0, 0.05) is 19.8 Å². The molecule has 0 aliphatic rings. The van der Waals surface area contributed by atoms with Crippen molar-refractivity contribution in [2.45, 2.75) is 19.4 Å². The summed E-state index contributed by atoms with van der Waals surface area (Å²) in [7, 11) is 1.86. The van der Waals surface area contributed by atoms with Crippen LogP contribution in [0.3, 0.4) is 0 Å². The lowest BCUT2D eigenvalue weighted by Crippen LogP contribution is -2.36. The number of urea groups is 1. The van der Waals surface area contributed by atoms with Gasteiger partial charge >= 0.3 is 6.03 Å². The topological polar surface area (TPSA) is 59.0 Å². The Hall–Kier alpha value is -2.30. The molecule has 5 heteroatoms. The summed E-state index contributed by atoms with van der Waals surface area (Å²) < 4.78 is 1.75. The minimum Gasteiger partial charge on any atom is -0.338 e. The molecule has 0 unspecified atom stereocenters. The maximum absolute atomic E-state index is 11.6. The number of nitrogens with zero attached hydrogens (tertiary/aromatic N) is 2. The monoisotopic (exact) mass is 272 g/mol. The van der Waals surface area contributed by atoms with Gasteiger partial charge in [-0.25, -0.2) is 4.79 Å². The molecular weight excluding hydrogens is 252 g/mol. The first kappa shape index (κ1) is 14.1. The van der Waals surface area contributed by atoms with Crippen molar-refractivity contribution in [1.82, 2.24) is 20.4 Å². The van der Waals surface area contributed by atoms with Gasteiger partial charge < -0.3 is 10.6 Å². The minimum atomic E-state index is -0.140. The Bertz CT molecular complexity index is 536. The molecule has 0 atom stereocenters. The Kier molecular flexibility index (Phi) is 5.17. The lowest BCUT2D eigenvalue weighted by Gasteiger charge is -2.08. The molecule has 2 aromatic rings. The molecule has 0 saturated heterocycles. The van der Waals surface area contributed by atoms with E-state index in [9.17, 15) is 4.79 Å². The van der Waals surface area contributed by atoms with Crippen LogP contribution in [0, 0.1) is 0 Å². The zero-order chi connectivity index (χ0) is 14.2. The Labute approximate surface area is 119 Å². The molecule has 106 valence electrons. The molecule has 2 rings (SSSR count). The van der Waals surface area contributed by atoms with Crippen molar-refractivity contribution in [2.75, 3.05) is 6.54 Å². The van der Waals surface area contributed by atoms with Gasteiger partial charge in [-0.15, -0.1) is 0 Å². The summed E-state index contributed by atoms with van der Waals surface area (Å²) in [6.07, 6.45) is 3.63. The average Bonchev–Trinajstić information content (AvgIpc) is 2.88. The lowest BCUT2D eigenvalue weighted by atomic mass is 10.1. The summed E-state index contributed by atoms with van der Waals surface area (Å²) in [6.45, 7) is 1.16. The first-order chi connectivity index (χ1) is 9.75. The predicted molar refractivity (Wildman–Crippen MR) is 78.2 cm³/mol. The van der Waals surface area contributed by atoms with Gasteiger partial charge in [0.25, 0.3) is 0 Å². The van der Waals surface area contributed by atoms with Gasteiger partial charge in [-0.05, 0) is 24.5 Å². The summed E-state index contributed by atoms with van der Waals surface area (Å²) in [4.78, 5) is 11.6. The van der Waals surface area contributed by atoms with Crippen LogP contribution in [-0.4, -0.2) is 22.4 Å². The van der Waals surface area contributed by atoms with Crippen LogP contribution in [0.25, 0.3) is 0 Å². The number of aromatic nitrogens is 2. The largest absolute Gasteiger partial charge is 0.338 e. The number of aryl methyl sites for hydroxylation is 2. The number of hydrogen-bond acceptors (Lipinski definition) is 2. The third-order valence-electron chi connectivity index (χ3n) is 3.12. The molecule has 0 radical (unpaired) electrons. The summed E-state index contributed by atoms with van der Waals surface area (Å²) in [5, 5.41) is 9.72. The fourth-order valence-electron chi connectivity index (χ4n) is 1.95. The van der Waals surface area contributed by atoms with Gasteiger partial charge in [-0.2, -0.15) is 5.10 Å². The smallest absolute Gasteiger partial charge is 0.315 e. The molecule has 5 nitrogen and oxygen atoms in total. The highest BCUT2D eigenvalue weighted by atomic mass is 16.2. The molecule has 0 fully saturated rings. The van der Waals surface area contributed by atoms with Crippen LogP contribution >= 0.6 is 0 Å². The molecule has 0 aliphatic carbocycles. The van der Waals surface area contributed by atoms with Crippen molar-refractivity contribution in [2.24, 2.45) is 7.05 Å². The first-order valence-corrected chi connectivity index (χ1v) is 6.78. The van der Waals surface area contributed by atoms with Crippen LogP contribution in [0.4, 0.5) is 4.79 Å². The highest BCUT2D eigenvalue weighted by Crippen LogP contribution is 2.01. The Morgan fingerprint density at radius 2 is 2.00 bits per heavy atom. The van der Waals surface area contributed by atoms with E-state index in [1.807, 2.05) is 31.3 Å². The summed E-state index contributed by atoms with van der Waals surface area (Å²) in [5.41, 5.74) is 2.27. The van der Waals surface area contributed by atoms with Gasteiger partial charge in [0.1, 0.15) is 0 Å². The molecule has 0 bridgehead atoms. The van der Waals surface area contributed by atoms with E-state index in [1.165, 1.54) is 5.56 Å². The van der Waals surface area contributed by atoms with E-state index >= 15 is 0 Å². The summed E-state index contributed by atoms with van der Waals surface area (Å²) in [5.74, 6) is 0. The van der Waals surface area contributed by atoms with E-state index in [2.05, 4.69) is 27.9 Å². The van der Waals surface area contributed by atoms with E-state index in [4.69, 9.17) is 0 Å². The van der Waals surface area contributed by atoms with Crippen LogP contribution in [0.5, 0.6) is 0 Å². The van der Waals surface area contributed by atoms with Crippen LogP contribution < -0.4 is 10.6 Å². The van der Waals surface area contributed by atoms with Crippen molar-refractivity contribution < 1.29 is 4.79 Å². The van der Waals surface area contributed by atoms with Crippen molar-refractivity contribution in [1.29, 1.82) is 0 Å². The highest BCUT2D eigenvalue weighted by molar-refractivity contribution is 5.73. The van der Waals surface area contributed by atoms with E-state index in [0.717, 1.165) is 18.5 Å². The number of hydrogen-bond donors (Lipinski definition) is 2. The molecule has 1 heterocycles. The molecule has 0 aliphatic heterocycles. The number of carbonyl (C=O) groups excluding carboxylic acids is 1. The highest BCUT2D eigenvalue weighted by Gasteiger charge is 2.02. The maximum atomic E-state index is 11.6. The fraction of sp³-hybridized carbons (Fsp3) is 0.333. The van der Waals surface area contributed by atoms with Crippen molar-refractivity contribution >= 4 is 6.03 Å². The number of carbonyl (C=O) groups is 1. The average molecular weight is 272 g/mol. The quantitative estimate of drug-likeness (QED) is 0.788. The van der Waals surface area contributed by atoms with Crippen molar-refractivity contribution in [3.8, 4) is 0 Å². The van der Waals surface area contributed by atoms with Gasteiger partial charge in [0.15, 0.2) is 0 Å². The SMILES string of the molecule is Cn1nccc1CNC(=O)NCCCc1ccccc1. The number of nitrogens with one attached hydrogen (secondary N) is 2. The Morgan fingerprint density at radius 3 is 2.70 bits per heavy atom. The third-order valence-corrected chi connectivity index (χ3v) is 3.12. The van der Waals surface area contributed by atoms with E-state index in [-0.39, 0.29) is 6.03 Å². The lowest BCUT2D eigenvalue weighted by molar-refractivity contribution is 0.240. The number of amides is 2. The predicted octanol–water partition coefficient (Wildman–Crippen LogP) is 1.85. The second kappa shape index (κ2) is 7.33. The van der Waals surface area contributed by atoms with Crippen LogP contribution in [0.2, 0.25) is 0 Å². The molecule has 1 aromatic carbocycles. The normalized spacial score (nSPS) is 10.2. The molecule has 1 aromatic heterocycles. The van der Waals surface area contributed by atoms with Crippen LogP contribution in [-0.2, 0) is 20.0 Å². The molecule has 2 N–H and O–H groups in total. The van der Waals surface area contributed by atoms with E-state index in [0.29, 0.717) is 13.1 Å². The van der Waals surface area contributed by atoms with E-state index in [1.54, 1.807) is 10.9 Å². The van der Waals surface area contributed by atoms with Crippen molar-refractivity contribution in [3.63, 3.8) is 0 Å². The van der Waals surface area contributed by atoms with Crippen molar-refractivity contribution in [3.05, 3.63) is 53.9 Å². The van der Waals surface area contributed by atoms with Gasteiger partial charge in [-0.1, -0.05) is 30.3 Å². The van der Waals surface area contributed by atoms with Gasteiger partial charge in [0.2, 0.25) is 0 Å². The third kappa shape index (κ3) is 4.42. The zero-order valence-electron chi connectivity index (χ0n) is 11.7. The Balaban J connectivity index is 1.60. The molecule has 0 saturated carbocycles. The number of rotatable bonds is 6. The zero-order valence-corrected chi connectivity index (χ0v) is 11.7. The van der Waals surface area contributed by atoms with Crippen LogP contribution in [0.15, 0.2) is 42.6 Å². The second-order valence-electron chi connectivity index (χ2n) is 4.64. The van der Waals surface area contributed by atoms with Gasteiger partial charge in [-0.3, -0.25) is 4.68 Å². The fourth-order valence-corrected chi connectivity index (χ4v) is 1.95. The summed E-state index contributed by atoms with van der Waals surface area (Å²) >= 11 is 0. The first-order valence-electron chi connectivity index (χ1n) is 6.78. The molecule has 0 spiro atoms. The molecule has 2 amide bonds. The molecular formula is C15H20N4O. The number of benzene rings is 1. The molecule has 20 heavy (non-hydrogen) atoms. The second-order valence-corrected chi connectivity index (χ2v) is 4.64. The minimum absolute atomic E-state index is 0.140. The Morgan fingerprint density at radius 1 is 1.20 bits per heavy atom. The maximum Gasteiger partial charge on any atom is 0.315 e.